The second-order valence-corrected chi connectivity index (χ2v) is 4.62. The molecule has 17 heavy (non-hydrogen) atoms. The molecule has 1 rings (SSSR count). The van der Waals surface area contributed by atoms with Crippen LogP contribution in [0.2, 0.25) is 0 Å². The molecule has 0 aliphatic carbocycles. The van der Waals surface area contributed by atoms with Crippen molar-refractivity contribution in [3.8, 4) is 5.75 Å². The first-order chi connectivity index (χ1) is 8.04. The Kier molecular flexibility index (Phi) is 5.43. The summed E-state index contributed by atoms with van der Waals surface area (Å²) < 4.78 is 5.92. The van der Waals surface area contributed by atoms with Crippen molar-refractivity contribution in [3.05, 3.63) is 26.6 Å². The SMILES string of the molecule is CCOC(=O)N/N=C/c1cc(O)c(Br)cc1Br. The van der Waals surface area contributed by atoms with Crippen molar-refractivity contribution < 1.29 is 14.6 Å². The van der Waals surface area contributed by atoms with Crippen LogP contribution in [0.15, 0.2) is 26.2 Å². The first kappa shape index (κ1) is 14.0. The van der Waals surface area contributed by atoms with E-state index in [4.69, 9.17) is 0 Å². The highest BCUT2D eigenvalue weighted by molar-refractivity contribution is 9.11. The summed E-state index contributed by atoms with van der Waals surface area (Å²) in [5.74, 6) is 0.0887. The Morgan fingerprint density at radius 3 is 2.88 bits per heavy atom. The molecule has 0 fully saturated rings. The van der Waals surface area contributed by atoms with Gasteiger partial charge in [-0.25, -0.2) is 10.2 Å². The molecule has 7 heteroatoms. The number of carbonyl (C=O) groups excluding carboxylic acids is 1. The van der Waals surface area contributed by atoms with Crippen LogP contribution in [0.5, 0.6) is 5.75 Å². The molecule has 0 bridgehead atoms. The first-order valence-corrected chi connectivity index (χ1v) is 6.27. The number of hydrazone groups is 1. The Morgan fingerprint density at radius 1 is 1.53 bits per heavy atom. The molecule has 1 amide bonds. The van der Waals surface area contributed by atoms with Gasteiger partial charge in [-0.05, 0) is 35.0 Å². The largest absolute Gasteiger partial charge is 0.507 e. The number of hydrogen-bond acceptors (Lipinski definition) is 4. The maximum absolute atomic E-state index is 10.9. The van der Waals surface area contributed by atoms with Crippen LogP contribution in [-0.4, -0.2) is 24.0 Å². The summed E-state index contributed by atoms with van der Waals surface area (Å²) in [7, 11) is 0. The highest BCUT2D eigenvalue weighted by Crippen LogP contribution is 2.29. The monoisotopic (exact) mass is 364 g/mol. The van der Waals surface area contributed by atoms with E-state index in [0.717, 1.165) is 4.47 Å². The normalized spacial score (nSPS) is 10.5. The molecule has 0 atom stereocenters. The maximum Gasteiger partial charge on any atom is 0.427 e. The van der Waals surface area contributed by atoms with E-state index >= 15 is 0 Å². The highest BCUT2D eigenvalue weighted by atomic mass is 79.9. The van der Waals surface area contributed by atoms with E-state index in [9.17, 15) is 9.90 Å². The van der Waals surface area contributed by atoms with Crippen LogP contribution in [0.1, 0.15) is 12.5 Å². The van der Waals surface area contributed by atoms with Gasteiger partial charge in [0.2, 0.25) is 0 Å². The summed E-state index contributed by atoms with van der Waals surface area (Å²) in [6, 6.07) is 3.19. The van der Waals surface area contributed by atoms with Crippen LogP contribution >= 0.6 is 31.9 Å². The standard InChI is InChI=1S/C10H10Br2N2O3/c1-2-17-10(16)14-13-5-6-3-9(15)8(12)4-7(6)11/h3-5,15H,2H2,1H3,(H,14,16)/b13-5+. The van der Waals surface area contributed by atoms with E-state index in [2.05, 4.69) is 47.1 Å². The van der Waals surface area contributed by atoms with Gasteiger partial charge in [0.15, 0.2) is 0 Å². The van der Waals surface area contributed by atoms with Crippen LogP contribution in [0.25, 0.3) is 0 Å². The second-order valence-electron chi connectivity index (χ2n) is 2.92. The van der Waals surface area contributed by atoms with Gasteiger partial charge in [-0.15, -0.1) is 0 Å². The minimum atomic E-state index is -0.624. The van der Waals surface area contributed by atoms with E-state index < -0.39 is 6.09 Å². The number of carbonyl (C=O) groups is 1. The summed E-state index contributed by atoms with van der Waals surface area (Å²) >= 11 is 6.48. The summed E-state index contributed by atoms with van der Waals surface area (Å²) in [5.41, 5.74) is 2.81. The number of amides is 1. The van der Waals surface area contributed by atoms with Gasteiger partial charge in [0.05, 0.1) is 17.3 Å². The molecule has 0 saturated carbocycles. The maximum atomic E-state index is 10.9. The molecule has 2 N–H and O–H groups in total. The van der Waals surface area contributed by atoms with E-state index in [1.165, 1.54) is 12.3 Å². The molecular formula is C10H10Br2N2O3. The molecule has 0 spiro atoms. The Hall–Kier alpha value is -1.08. The van der Waals surface area contributed by atoms with E-state index in [-0.39, 0.29) is 12.4 Å². The number of benzene rings is 1. The summed E-state index contributed by atoms with van der Waals surface area (Å²) in [5, 5.41) is 13.2. The van der Waals surface area contributed by atoms with Gasteiger partial charge in [0.25, 0.3) is 0 Å². The zero-order valence-corrected chi connectivity index (χ0v) is 12.1. The van der Waals surface area contributed by atoms with E-state index in [0.29, 0.717) is 10.0 Å². The third-order valence-electron chi connectivity index (χ3n) is 1.70. The molecule has 0 aliphatic heterocycles. The zero-order chi connectivity index (χ0) is 12.8. The minimum Gasteiger partial charge on any atom is -0.507 e. The highest BCUT2D eigenvalue weighted by Gasteiger charge is 2.04. The van der Waals surface area contributed by atoms with Gasteiger partial charge >= 0.3 is 6.09 Å². The van der Waals surface area contributed by atoms with Crippen LogP contribution in [0.3, 0.4) is 0 Å². The summed E-state index contributed by atoms with van der Waals surface area (Å²) in [6.07, 6.45) is 0.772. The first-order valence-electron chi connectivity index (χ1n) is 4.68. The topological polar surface area (TPSA) is 70.9 Å². The van der Waals surface area contributed by atoms with Gasteiger partial charge in [0.1, 0.15) is 5.75 Å². The molecule has 0 saturated heterocycles. The van der Waals surface area contributed by atoms with Gasteiger partial charge in [-0.3, -0.25) is 0 Å². The van der Waals surface area contributed by atoms with Gasteiger partial charge in [-0.2, -0.15) is 5.10 Å². The molecule has 0 heterocycles. The molecule has 5 nitrogen and oxygen atoms in total. The lowest BCUT2D eigenvalue weighted by Gasteiger charge is -2.02. The molecule has 1 aromatic rings. The lowest BCUT2D eigenvalue weighted by molar-refractivity contribution is 0.152. The number of halogens is 2. The Labute approximate surface area is 115 Å². The minimum absolute atomic E-state index is 0.0887. The van der Waals surface area contributed by atoms with E-state index in [1.807, 2.05) is 0 Å². The molecule has 92 valence electrons. The molecule has 0 radical (unpaired) electrons. The summed E-state index contributed by atoms with van der Waals surface area (Å²) in [4.78, 5) is 10.9. The Morgan fingerprint density at radius 2 is 2.24 bits per heavy atom. The van der Waals surface area contributed by atoms with Crippen molar-refractivity contribution in [3.63, 3.8) is 0 Å². The quantitative estimate of drug-likeness (QED) is 0.638. The predicted molar refractivity (Wildman–Crippen MR) is 71.3 cm³/mol. The number of phenols is 1. The van der Waals surface area contributed by atoms with Crippen molar-refractivity contribution in [2.75, 3.05) is 6.61 Å². The van der Waals surface area contributed by atoms with Crippen LogP contribution < -0.4 is 5.43 Å². The van der Waals surface area contributed by atoms with Crippen molar-refractivity contribution >= 4 is 44.2 Å². The number of nitrogens with one attached hydrogen (secondary N) is 1. The summed E-state index contributed by atoms with van der Waals surface area (Å²) in [6.45, 7) is 1.98. The number of nitrogens with zero attached hydrogens (tertiary/aromatic N) is 1. The average molecular weight is 366 g/mol. The number of ether oxygens (including phenoxy) is 1. The lowest BCUT2D eigenvalue weighted by atomic mass is 10.2. The number of phenolic OH excluding ortho intramolecular Hbond substituents is 1. The van der Waals surface area contributed by atoms with Crippen LogP contribution in [-0.2, 0) is 4.74 Å². The zero-order valence-electron chi connectivity index (χ0n) is 8.91. The molecule has 0 unspecified atom stereocenters. The molecular weight excluding hydrogens is 356 g/mol. The van der Waals surface area contributed by atoms with Crippen molar-refractivity contribution in [2.24, 2.45) is 5.10 Å². The molecule has 1 aromatic carbocycles. The smallest absolute Gasteiger partial charge is 0.427 e. The van der Waals surface area contributed by atoms with E-state index in [1.54, 1.807) is 13.0 Å². The Bertz CT molecular complexity index is 449. The number of hydrogen-bond donors (Lipinski definition) is 2. The Balaban J connectivity index is 2.71. The van der Waals surface area contributed by atoms with Crippen LogP contribution in [0, 0.1) is 0 Å². The fourth-order valence-electron chi connectivity index (χ4n) is 0.971. The second kappa shape index (κ2) is 6.61. The fourth-order valence-corrected chi connectivity index (χ4v) is 2.07. The van der Waals surface area contributed by atoms with Crippen molar-refractivity contribution in [2.45, 2.75) is 6.92 Å². The van der Waals surface area contributed by atoms with Gasteiger partial charge < -0.3 is 9.84 Å². The van der Waals surface area contributed by atoms with Gasteiger partial charge in [0, 0.05) is 10.0 Å². The predicted octanol–water partition coefficient (Wildman–Crippen LogP) is 3.00. The third kappa shape index (κ3) is 4.35. The molecule has 0 aliphatic rings. The lowest BCUT2D eigenvalue weighted by Crippen LogP contribution is -2.18. The number of aromatic hydroxyl groups is 1. The van der Waals surface area contributed by atoms with Gasteiger partial charge in [-0.1, -0.05) is 15.9 Å². The number of rotatable bonds is 3. The average Bonchev–Trinajstić information content (AvgIpc) is 2.26. The third-order valence-corrected chi connectivity index (χ3v) is 3.02. The van der Waals surface area contributed by atoms with Crippen LogP contribution in [0.4, 0.5) is 4.79 Å². The molecule has 0 aromatic heterocycles. The van der Waals surface area contributed by atoms with Crippen molar-refractivity contribution in [1.29, 1.82) is 0 Å². The fraction of sp³-hybridized carbons (Fsp3) is 0.200. The van der Waals surface area contributed by atoms with Crippen molar-refractivity contribution in [1.82, 2.24) is 5.43 Å².